The molecule has 0 amide bonds. The summed E-state index contributed by atoms with van der Waals surface area (Å²) in [6.45, 7) is 11.3. The molecule has 0 bridgehead atoms. The Labute approximate surface area is 120 Å². The van der Waals surface area contributed by atoms with E-state index < -0.39 is 0 Å². The first-order valence-electron chi connectivity index (χ1n) is 7.20. The van der Waals surface area contributed by atoms with Crippen LogP contribution in [0.3, 0.4) is 0 Å². The third kappa shape index (κ3) is 2.66. The van der Waals surface area contributed by atoms with Crippen LogP contribution in [0.15, 0.2) is 6.33 Å². The van der Waals surface area contributed by atoms with Crippen molar-refractivity contribution in [1.29, 1.82) is 0 Å². The smallest absolute Gasteiger partial charge is 0.146 e. The van der Waals surface area contributed by atoms with Gasteiger partial charge in [-0.05, 0) is 27.2 Å². The Morgan fingerprint density at radius 2 is 1.90 bits per heavy atom. The molecule has 108 valence electrons. The quantitative estimate of drug-likeness (QED) is 0.910. The predicted octanol–water partition coefficient (Wildman–Crippen LogP) is 2.97. The van der Waals surface area contributed by atoms with Crippen LogP contribution in [-0.4, -0.2) is 26.1 Å². The molecule has 0 spiro atoms. The molecular formula is C15H23N5. The number of aromatic nitrogens is 4. The summed E-state index contributed by atoms with van der Waals surface area (Å²) in [5.74, 6) is 2.71. The lowest BCUT2D eigenvalue weighted by atomic mass is 10.2. The summed E-state index contributed by atoms with van der Waals surface area (Å²) in [6, 6.07) is 0. The lowest BCUT2D eigenvalue weighted by Gasteiger charge is -2.14. The van der Waals surface area contributed by atoms with Crippen molar-refractivity contribution < 1.29 is 0 Å². The van der Waals surface area contributed by atoms with Crippen LogP contribution in [0.1, 0.15) is 43.0 Å². The van der Waals surface area contributed by atoms with E-state index in [1.54, 1.807) is 0 Å². The van der Waals surface area contributed by atoms with E-state index in [-0.39, 0.29) is 0 Å². The standard InChI is InChI=1S/C15H23N5/c1-6-8-16-14-10(3)15(19-13(7-2)18-14)20-9-17-11(4)12(20)5/h9H,6-8H2,1-5H3,(H,16,18,19). The van der Waals surface area contributed by atoms with Crippen LogP contribution >= 0.6 is 0 Å². The van der Waals surface area contributed by atoms with Crippen LogP contribution in [-0.2, 0) is 6.42 Å². The zero-order valence-corrected chi connectivity index (χ0v) is 13.0. The lowest BCUT2D eigenvalue weighted by Crippen LogP contribution is -2.12. The molecule has 0 atom stereocenters. The van der Waals surface area contributed by atoms with Gasteiger partial charge in [0, 0.05) is 24.2 Å². The van der Waals surface area contributed by atoms with E-state index in [1.807, 2.05) is 17.8 Å². The highest BCUT2D eigenvalue weighted by Crippen LogP contribution is 2.21. The van der Waals surface area contributed by atoms with Crippen molar-refractivity contribution in [2.75, 3.05) is 11.9 Å². The molecule has 0 saturated heterocycles. The van der Waals surface area contributed by atoms with Crippen molar-refractivity contribution in [3.05, 3.63) is 29.1 Å². The lowest BCUT2D eigenvalue weighted by molar-refractivity contribution is 0.853. The Kier molecular flexibility index (Phi) is 4.37. The molecule has 0 aliphatic heterocycles. The van der Waals surface area contributed by atoms with E-state index in [1.165, 1.54) is 0 Å². The van der Waals surface area contributed by atoms with Gasteiger partial charge in [0.15, 0.2) is 0 Å². The predicted molar refractivity (Wildman–Crippen MR) is 81.5 cm³/mol. The third-order valence-corrected chi connectivity index (χ3v) is 3.51. The highest BCUT2D eigenvalue weighted by Gasteiger charge is 2.14. The molecule has 2 heterocycles. The van der Waals surface area contributed by atoms with E-state index in [0.29, 0.717) is 0 Å². The van der Waals surface area contributed by atoms with Gasteiger partial charge in [0.05, 0.1) is 5.69 Å². The van der Waals surface area contributed by atoms with Crippen LogP contribution < -0.4 is 5.32 Å². The van der Waals surface area contributed by atoms with E-state index in [2.05, 4.69) is 48.0 Å². The highest BCUT2D eigenvalue weighted by atomic mass is 15.2. The highest BCUT2D eigenvalue weighted by molar-refractivity contribution is 5.52. The minimum absolute atomic E-state index is 0.820. The Morgan fingerprint density at radius 1 is 1.15 bits per heavy atom. The van der Waals surface area contributed by atoms with E-state index in [0.717, 1.165) is 53.8 Å². The Balaban J connectivity index is 2.54. The molecule has 0 aromatic carbocycles. The summed E-state index contributed by atoms with van der Waals surface area (Å²) in [4.78, 5) is 13.6. The molecule has 2 aromatic rings. The van der Waals surface area contributed by atoms with Crippen molar-refractivity contribution in [3.63, 3.8) is 0 Å². The van der Waals surface area contributed by atoms with Gasteiger partial charge in [0.2, 0.25) is 0 Å². The molecule has 1 N–H and O–H groups in total. The fourth-order valence-electron chi connectivity index (χ4n) is 2.07. The number of hydrogen-bond donors (Lipinski definition) is 1. The van der Waals surface area contributed by atoms with Gasteiger partial charge in [-0.25, -0.2) is 15.0 Å². The molecule has 0 saturated carbocycles. The van der Waals surface area contributed by atoms with Crippen LogP contribution in [0.4, 0.5) is 5.82 Å². The van der Waals surface area contributed by atoms with Crippen LogP contribution in [0, 0.1) is 20.8 Å². The third-order valence-electron chi connectivity index (χ3n) is 3.51. The summed E-state index contributed by atoms with van der Waals surface area (Å²) in [6.07, 6.45) is 3.73. The molecule has 5 nitrogen and oxygen atoms in total. The normalized spacial score (nSPS) is 10.8. The molecule has 5 heteroatoms. The Morgan fingerprint density at radius 3 is 2.45 bits per heavy atom. The van der Waals surface area contributed by atoms with E-state index in [9.17, 15) is 0 Å². The second kappa shape index (κ2) is 6.03. The number of rotatable bonds is 5. The van der Waals surface area contributed by atoms with Gasteiger partial charge < -0.3 is 5.32 Å². The molecular weight excluding hydrogens is 250 g/mol. The minimum Gasteiger partial charge on any atom is -0.370 e. The van der Waals surface area contributed by atoms with Gasteiger partial charge in [-0.1, -0.05) is 13.8 Å². The maximum atomic E-state index is 4.68. The zero-order valence-electron chi connectivity index (χ0n) is 13.0. The largest absolute Gasteiger partial charge is 0.370 e. The van der Waals surface area contributed by atoms with Crippen molar-refractivity contribution >= 4 is 5.82 Å². The molecule has 0 radical (unpaired) electrons. The minimum atomic E-state index is 0.820. The second-order valence-electron chi connectivity index (χ2n) is 5.00. The summed E-state index contributed by atoms with van der Waals surface area (Å²) >= 11 is 0. The number of nitrogens with zero attached hydrogens (tertiary/aromatic N) is 4. The average molecular weight is 273 g/mol. The summed E-state index contributed by atoms with van der Waals surface area (Å²) in [7, 11) is 0. The topological polar surface area (TPSA) is 55.6 Å². The molecule has 2 aromatic heterocycles. The van der Waals surface area contributed by atoms with E-state index in [4.69, 9.17) is 0 Å². The summed E-state index contributed by atoms with van der Waals surface area (Å²) < 4.78 is 2.04. The molecule has 20 heavy (non-hydrogen) atoms. The van der Waals surface area contributed by atoms with Gasteiger partial charge in [-0.3, -0.25) is 4.57 Å². The zero-order chi connectivity index (χ0) is 14.7. The molecule has 0 aliphatic rings. The second-order valence-corrected chi connectivity index (χ2v) is 5.00. The first kappa shape index (κ1) is 14.5. The monoisotopic (exact) mass is 273 g/mol. The molecule has 0 fully saturated rings. The van der Waals surface area contributed by atoms with Gasteiger partial charge in [-0.2, -0.15) is 0 Å². The Bertz CT molecular complexity index is 601. The fraction of sp³-hybridized carbons (Fsp3) is 0.533. The number of hydrogen-bond acceptors (Lipinski definition) is 4. The fourth-order valence-corrected chi connectivity index (χ4v) is 2.07. The maximum Gasteiger partial charge on any atom is 0.146 e. The molecule has 2 rings (SSSR count). The van der Waals surface area contributed by atoms with Gasteiger partial charge >= 0.3 is 0 Å². The van der Waals surface area contributed by atoms with Gasteiger partial charge in [0.25, 0.3) is 0 Å². The van der Waals surface area contributed by atoms with Crippen molar-refractivity contribution in [2.24, 2.45) is 0 Å². The maximum absolute atomic E-state index is 4.68. The summed E-state index contributed by atoms with van der Waals surface area (Å²) in [5, 5.41) is 3.39. The first-order valence-corrected chi connectivity index (χ1v) is 7.20. The van der Waals surface area contributed by atoms with Crippen LogP contribution in [0.2, 0.25) is 0 Å². The number of imidazole rings is 1. The van der Waals surface area contributed by atoms with E-state index >= 15 is 0 Å². The molecule has 0 unspecified atom stereocenters. The molecule has 0 aliphatic carbocycles. The van der Waals surface area contributed by atoms with Crippen LogP contribution in [0.5, 0.6) is 0 Å². The van der Waals surface area contributed by atoms with Gasteiger partial charge in [-0.15, -0.1) is 0 Å². The average Bonchev–Trinajstić information content (AvgIpc) is 2.78. The number of aryl methyl sites for hydroxylation is 2. The number of nitrogens with one attached hydrogen (secondary N) is 1. The Hall–Kier alpha value is -1.91. The van der Waals surface area contributed by atoms with Crippen molar-refractivity contribution in [1.82, 2.24) is 19.5 Å². The first-order chi connectivity index (χ1) is 9.58. The van der Waals surface area contributed by atoms with Crippen molar-refractivity contribution in [2.45, 2.75) is 47.5 Å². The summed E-state index contributed by atoms with van der Waals surface area (Å²) in [5.41, 5.74) is 3.22. The van der Waals surface area contributed by atoms with Gasteiger partial charge in [0.1, 0.15) is 23.8 Å². The number of anilines is 1. The SMILES string of the molecule is CCCNc1nc(CC)nc(-n2cnc(C)c2C)c1C. The van der Waals surface area contributed by atoms with Crippen LogP contribution in [0.25, 0.3) is 5.82 Å². The van der Waals surface area contributed by atoms with Crippen molar-refractivity contribution in [3.8, 4) is 5.82 Å².